The Morgan fingerprint density at radius 1 is 0.667 bits per heavy atom. The first-order valence-corrected chi connectivity index (χ1v) is 11.9. The van der Waals surface area contributed by atoms with Gasteiger partial charge in [-0.2, -0.15) is 0 Å². The molecule has 0 unspecified atom stereocenters. The molecule has 0 rings (SSSR count). The molecule has 0 spiro atoms. The zero-order chi connectivity index (χ0) is 19.0. The maximum Gasteiger partial charge on any atom is 0.360 e. The number of hydrogen-bond donors (Lipinski definition) is 0. The zero-order valence-corrected chi connectivity index (χ0v) is 18.1. The number of rotatable bonds is 13. The molecule has 0 radical (unpaired) electrons. The van der Waals surface area contributed by atoms with Crippen LogP contribution >= 0.6 is 15.2 Å². The third kappa shape index (κ3) is 6.21. The fraction of sp³-hybridized carbons (Fsp3) is 1.00. The molecule has 24 heavy (non-hydrogen) atoms. The molecule has 0 amide bonds. The minimum absolute atomic E-state index is 0.0570. The van der Waals surface area contributed by atoms with Gasteiger partial charge in [0.2, 0.25) is 5.52 Å². The van der Waals surface area contributed by atoms with Gasteiger partial charge in [-0.05, 0) is 55.4 Å². The van der Waals surface area contributed by atoms with Gasteiger partial charge >= 0.3 is 15.2 Å². The minimum Gasteiger partial charge on any atom is -0.307 e. The van der Waals surface area contributed by atoms with Crippen molar-refractivity contribution in [1.29, 1.82) is 0 Å². The van der Waals surface area contributed by atoms with Crippen LogP contribution in [0.25, 0.3) is 0 Å². The Labute approximate surface area is 147 Å². The van der Waals surface area contributed by atoms with E-state index in [2.05, 4.69) is 0 Å². The summed E-state index contributed by atoms with van der Waals surface area (Å²) in [7, 11) is -7.52. The van der Waals surface area contributed by atoms with E-state index in [1.807, 2.05) is 32.6 Å². The van der Waals surface area contributed by atoms with Crippen LogP contribution in [0.3, 0.4) is 0 Å². The lowest BCUT2D eigenvalue weighted by molar-refractivity contribution is 0.115. The van der Waals surface area contributed by atoms with Gasteiger partial charge < -0.3 is 18.1 Å². The summed E-state index contributed by atoms with van der Waals surface area (Å²) in [5, 5.41) is 0. The monoisotopic (exact) mass is 387 g/mol. The highest BCUT2D eigenvalue weighted by atomic mass is 31.2. The van der Waals surface area contributed by atoms with Gasteiger partial charge in [0, 0.05) is 12.1 Å². The van der Waals surface area contributed by atoms with E-state index < -0.39 is 20.7 Å². The average molecular weight is 387 g/mol. The standard InChI is InChI=1S/C15H35NO6P2/c1-9-19-23(17,20-10-2)15(16(13(5)6)14(7)8)24(18,21-11-3)22-12-4/h13-15H,9-12H2,1-8H3. The van der Waals surface area contributed by atoms with Crippen molar-refractivity contribution in [2.45, 2.75) is 73.0 Å². The largest absolute Gasteiger partial charge is 0.360 e. The second-order valence-corrected chi connectivity index (χ2v) is 10.3. The van der Waals surface area contributed by atoms with E-state index in [0.717, 1.165) is 0 Å². The van der Waals surface area contributed by atoms with Gasteiger partial charge in [0.1, 0.15) is 0 Å². The first-order chi connectivity index (χ1) is 11.1. The molecule has 0 aliphatic rings. The summed E-state index contributed by atoms with van der Waals surface area (Å²) >= 11 is 0. The maximum absolute atomic E-state index is 13.5. The van der Waals surface area contributed by atoms with Crippen LogP contribution in [-0.4, -0.2) is 48.9 Å². The Kier molecular flexibility index (Phi) is 11.2. The minimum atomic E-state index is -3.76. The molecule has 0 N–H and O–H groups in total. The van der Waals surface area contributed by atoms with Crippen LogP contribution in [0, 0.1) is 0 Å². The van der Waals surface area contributed by atoms with Gasteiger partial charge in [-0.25, -0.2) is 0 Å². The van der Waals surface area contributed by atoms with Crippen LogP contribution in [-0.2, 0) is 27.2 Å². The third-order valence-electron chi connectivity index (χ3n) is 3.26. The second-order valence-electron chi connectivity index (χ2n) is 5.73. The van der Waals surface area contributed by atoms with Gasteiger partial charge in [0.15, 0.2) is 0 Å². The topological polar surface area (TPSA) is 74.3 Å². The van der Waals surface area contributed by atoms with Crippen LogP contribution in [0.15, 0.2) is 0 Å². The van der Waals surface area contributed by atoms with Crippen molar-refractivity contribution in [2.24, 2.45) is 0 Å². The first kappa shape index (κ1) is 24.3. The van der Waals surface area contributed by atoms with Crippen molar-refractivity contribution in [3.05, 3.63) is 0 Å². The van der Waals surface area contributed by atoms with E-state index in [1.165, 1.54) is 0 Å². The van der Waals surface area contributed by atoms with Crippen molar-refractivity contribution in [1.82, 2.24) is 4.90 Å². The molecule has 7 nitrogen and oxygen atoms in total. The molecule has 0 aromatic heterocycles. The highest BCUT2D eigenvalue weighted by Gasteiger charge is 2.55. The summed E-state index contributed by atoms with van der Waals surface area (Å²) in [5.74, 6) is 0. The van der Waals surface area contributed by atoms with Crippen LogP contribution in [0.1, 0.15) is 55.4 Å². The molecule has 0 fully saturated rings. The van der Waals surface area contributed by atoms with Gasteiger partial charge in [-0.3, -0.25) is 14.0 Å². The molecule has 0 atom stereocenters. The third-order valence-corrected chi connectivity index (χ3v) is 9.10. The van der Waals surface area contributed by atoms with E-state index in [1.54, 1.807) is 27.7 Å². The molecule has 0 saturated heterocycles. The Morgan fingerprint density at radius 3 is 1.08 bits per heavy atom. The van der Waals surface area contributed by atoms with Gasteiger partial charge in [-0.15, -0.1) is 0 Å². The molecule has 0 aliphatic heterocycles. The first-order valence-electron chi connectivity index (χ1n) is 8.68. The van der Waals surface area contributed by atoms with E-state index in [0.29, 0.717) is 0 Å². The molecule has 0 saturated carbocycles. The number of hydrogen-bond acceptors (Lipinski definition) is 7. The summed E-state index contributed by atoms with van der Waals surface area (Å²) in [6, 6.07) is -0.114. The van der Waals surface area contributed by atoms with Crippen molar-refractivity contribution in [2.75, 3.05) is 26.4 Å². The van der Waals surface area contributed by atoms with Crippen molar-refractivity contribution in [3.8, 4) is 0 Å². The molecular formula is C15H35NO6P2. The highest BCUT2D eigenvalue weighted by molar-refractivity contribution is 7.72. The lowest BCUT2D eigenvalue weighted by Gasteiger charge is -2.42. The van der Waals surface area contributed by atoms with Crippen LogP contribution in [0.5, 0.6) is 0 Å². The average Bonchev–Trinajstić information content (AvgIpc) is 2.44. The second kappa shape index (κ2) is 11.1. The van der Waals surface area contributed by atoms with E-state index >= 15 is 0 Å². The SMILES string of the molecule is CCOP(=O)(OCC)C(N(C(C)C)C(C)C)P(=O)(OCC)OCC. The van der Waals surface area contributed by atoms with Crippen molar-refractivity contribution < 1.29 is 27.2 Å². The lowest BCUT2D eigenvalue weighted by atomic mass is 10.2. The van der Waals surface area contributed by atoms with Crippen LogP contribution < -0.4 is 0 Å². The normalized spacial score (nSPS) is 13.7. The van der Waals surface area contributed by atoms with Crippen molar-refractivity contribution >= 4 is 15.2 Å². The van der Waals surface area contributed by atoms with Crippen LogP contribution in [0.2, 0.25) is 0 Å². The molecule has 0 heterocycles. The summed E-state index contributed by atoms with van der Waals surface area (Å²) in [6.45, 7) is 15.4. The van der Waals surface area contributed by atoms with Gasteiger partial charge in [0.25, 0.3) is 0 Å². The van der Waals surface area contributed by atoms with E-state index in [9.17, 15) is 9.13 Å². The Morgan fingerprint density at radius 2 is 0.917 bits per heavy atom. The lowest BCUT2D eigenvalue weighted by Crippen LogP contribution is -2.46. The Bertz CT molecular complexity index is 386. The summed E-state index contributed by atoms with van der Waals surface area (Å²) < 4.78 is 49.1. The molecule has 146 valence electrons. The molecule has 0 aromatic rings. The summed E-state index contributed by atoms with van der Waals surface area (Å²) in [4.78, 5) is 1.85. The summed E-state index contributed by atoms with van der Waals surface area (Å²) in [5.41, 5.74) is -1.11. The predicted octanol–water partition coefficient (Wildman–Crippen LogP) is 4.92. The molecule has 0 aromatic carbocycles. The van der Waals surface area contributed by atoms with E-state index in [4.69, 9.17) is 18.1 Å². The zero-order valence-electron chi connectivity index (χ0n) is 16.4. The maximum atomic E-state index is 13.5. The smallest absolute Gasteiger partial charge is 0.307 e. The fourth-order valence-corrected chi connectivity index (χ4v) is 8.72. The Balaban J connectivity index is 6.33. The van der Waals surface area contributed by atoms with Gasteiger partial charge in [0.05, 0.1) is 26.4 Å². The Hall–Kier alpha value is 0.260. The van der Waals surface area contributed by atoms with E-state index in [-0.39, 0.29) is 38.5 Å². The molecular weight excluding hydrogens is 352 g/mol. The quantitative estimate of drug-likeness (QED) is 0.415. The van der Waals surface area contributed by atoms with Crippen LogP contribution in [0.4, 0.5) is 0 Å². The molecule has 0 aliphatic carbocycles. The van der Waals surface area contributed by atoms with Gasteiger partial charge in [-0.1, -0.05) is 0 Å². The van der Waals surface area contributed by atoms with Crippen molar-refractivity contribution in [3.63, 3.8) is 0 Å². The highest BCUT2D eigenvalue weighted by Crippen LogP contribution is 2.71. The number of nitrogens with zero attached hydrogens (tertiary/aromatic N) is 1. The fourth-order valence-electron chi connectivity index (χ4n) is 2.69. The molecule has 9 heteroatoms. The molecule has 0 bridgehead atoms. The predicted molar refractivity (Wildman–Crippen MR) is 97.6 cm³/mol. The summed E-state index contributed by atoms with van der Waals surface area (Å²) in [6.07, 6.45) is 0.